The van der Waals surface area contributed by atoms with Crippen molar-refractivity contribution in [2.24, 2.45) is 0 Å². The summed E-state index contributed by atoms with van der Waals surface area (Å²) in [6.45, 7) is 3.01. The third kappa shape index (κ3) is 4.27. The molecule has 1 atom stereocenters. The van der Waals surface area contributed by atoms with Crippen LogP contribution in [0.2, 0.25) is 0 Å². The molecule has 1 fully saturated rings. The van der Waals surface area contributed by atoms with E-state index in [-0.39, 0.29) is 17.8 Å². The van der Waals surface area contributed by atoms with Crippen LogP contribution in [0.15, 0.2) is 40.9 Å². The number of hydrogen-bond donors (Lipinski definition) is 1. The predicted octanol–water partition coefficient (Wildman–Crippen LogP) is 2.97. The zero-order valence-corrected chi connectivity index (χ0v) is 17.2. The molecule has 4 rings (SSSR count). The molecular formula is C22H25N5O3. The topological polar surface area (TPSA) is 107 Å². The van der Waals surface area contributed by atoms with Gasteiger partial charge in [-0.25, -0.2) is 15.0 Å². The normalized spacial score (nSPS) is 16.5. The van der Waals surface area contributed by atoms with Crippen molar-refractivity contribution in [3.8, 4) is 5.75 Å². The highest BCUT2D eigenvalue weighted by Gasteiger charge is 2.29. The minimum absolute atomic E-state index is 0.0504. The van der Waals surface area contributed by atoms with Crippen LogP contribution in [0, 0.1) is 6.92 Å². The van der Waals surface area contributed by atoms with E-state index in [0.29, 0.717) is 36.8 Å². The van der Waals surface area contributed by atoms with E-state index in [1.165, 1.54) is 0 Å². The number of benzene rings is 1. The quantitative estimate of drug-likeness (QED) is 0.693. The van der Waals surface area contributed by atoms with E-state index < -0.39 is 0 Å². The molecule has 2 aromatic heterocycles. The molecule has 30 heavy (non-hydrogen) atoms. The van der Waals surface area contributed by atoms with Gasteiger partial charge in [-0.2, -0.15) is 0 Å². The van der Waals surface area contributed by atoms with E-state index in [1.54, 1.807) is 31.2 Å². The number of carbonyl (C=O) groups is 1. The lowest BCUT2D eigenvalue weighted by Crippen LogP contribution is -2.39. The Morgan fingerprint density at radius 1 is 1.33 bits per heavy atom. The summed E-state index contributed by atoms with van der Waals surface area (Å²) in [5.74, 6) is 2.28. The fraction of sp³-hybridized carbons (Fsp3) is 0.364. The van der Waals surface area contributed by atoms with Crippen molar-refractivity contribution in [2.45, 2.75) is 32.1 Å². The molecule has 3 aromatic rings. The number of carbonyl (C=O) groups excluding carboxylic acids is 1. The molecule has 2 N–H and O–H groups in total. The third-order valence-electron chi connectivity index (χ3n) is 5.28. The third-order valence-corrected chi connectivity index (χ3v) is 5.28. The Morgan fingerprint density at radius 2 is 2.17 bits per heavy atom. The first-order valence-electron chi connectivity index (χ1n) is 10.0. The Hall–Kier alpha value is -3.42. The second-order valence-electron chi connectivity index (χ2n) is 7.50. The Bertz CT molecular complexity index is 1030. The van der Waals surface area contributed by atoms with E-state index in [4.69, 9.17) is 14.9 Å². The number of anilines is 1. The molecule has 0 aliphatic carbocycles. The number of nitrogens with two attached hydrogens (primary N) is 1. The van der Waals surface area contributed by atoms with Gasteiger partial charge in [0, 0.05) is 30.8 Å². The molecule has 1 aliphatic heterocycles. The molecule has 0 unspecified atom stereocenters. The van der Waals surface area contributed by atoms with Crippen molar-refractivity contribution in [2.75, 3.05) is 25.9 Å². The van der Waals surface area contributed by atoms with Crippen LogP contribution in [0.4, 0.5) is 5.95 Å². The van der Waals surface area contributed by atoms with Crippen molar-refractivity contribution in [3.63, 3.8) is 0 Å². The molecule has 8 heteroatoms. The van der Waals surface area contributed by atoms with E-state index >= 15 is 0 Å². The molecule has 156 valence electrons. The Morgan fingerprint density at radius 3 is 2.97 bits per heavy atom. The number of aryl methyl sites for hydroxylation is 1. The molecule has 0 saturated carbocycles. The molecule has 0 bridgehead atoms. The van der Waals surface area contributed by atoms with Crippen molar-refractivity contribution >= 4 is 11.9 Å². The number of hydrogen-bond acceptors (Lipinski definition) is 7. The summed E-state index contributed by atoms with van der Waals surface area (Å²) in [4.78, 5) is 27.3. The second kappa shape index (κ2) is 8.52. The van der Waals surface area contributed by atoms with E-state index in [9.17, 15) is 4.79 Å². The van der Waals surface area contributed by atoms with Crippen LogP contribution in [0.1, 0.15) is 52.2 Å². The summed E-state index contributed by atoms with van der Waals surface area (Å²) in [5, 5.41) is 0. The largest absolute Gasteiger partial charge is 0.496 e. The predicted molar refractivity (Wildman–Crippen MR) is 111 cm³/mol. The van der Waals surface area contributed by atoms with Gasteiger partial charge in [0.05, 0.1) is 19.2 Å². The van der Waals surface area contributed by atoms with Gasteiger partial charge < -0.3 is 19.8 Å². The molecule has 1 aliphatic rings. The van der Waals surface area contributed by atoms with Crippen LogP contribution in [-0.2, 0) is 6.42 Å². The maximum absolute atomic E-state index is 12.9. The lowest BCUT2D eigenvalue weighted by atomic mass is 9.97. The number of piperidine rings is 1. The Labute approximate surface area is 175 Å². The van der Waals surface area contributed by atoms with Gasteiger partial charge in [0.15, 0.2) is 5.89 Å². The summed E-state index contributed by atoms with van der Waals surface area (Å²) in [5.41, 5.74) is 7.74. The first kappa shape index (κ1) is 19.9. The van der Waals surface area contributed by atoms with Crippen molar-refractivity contribution in [1.29, 1.82) is 0 Å². The molecular weight excluding hydrogens is 382 g/mol. The number of ether oxygens (including phenoxy) is 1. The first-order chi connectivity index (χ1) is 14.5. The van der Waals surface area contributed by atoms with Crippen molar-refractivity contribution < 1.29 is 13.9 Å². The fourth-order valence-electron chi connectivity index (χ4n) is 3.86. The van der Waals surface area contributed by atoms with Gasteiger partial charge in [0.2, 0.25) is 5.95 Å². The second-order valence-corrected chi connectivity index (χ2v) is 7.50. The molecule has 1 saturated heterocycles. The van der Waals surface area contributed by atoms with Crippen molar-refractivity contribution in [3.05, 3.63) is 65.1 Å². The summed E-state index contributed by atoms with van der Waals surface area (Å²) in [6, 6.07) is 9.52. The van der Waals surface area contributed by atoms with Gasteiger partial charge in [-0.15, -0.1) is 0 Å². The average Bonchev–Trinajstić information content (AvgIpc) is 3.21. The van der Waals surface area contributed by atoms with Crippen LogP contribution in [0.25, 0.3) is 0 Å². The Balaban J connectivity index is 1.47. The van der Waals surface area contributed by atoms with Gasteiger partial charge in [0.1, 0.15) is 17.2 Å². The average molecular weight is 407 g/mol. The summed E-state index contributed by atoms with van der Waals surface area (Å²) in [7, 11) is 1.66. The van der Waals surface area contributed by atoms with Crippen LogP contribution < -0.4 is 10.5 Å². The van der Waals surface area contributed by atoms with Gasteiger partial charge in [-0.1, -0.05) is 18.2 Å². The number of nitrogens with zero attached hydrogens (tertiary/aromatic N) is 4. The number of methoxy groups -OCH3 is 1. The monoisotopic (exact) mass is 407 g/mol. The summed E-state index contributed by atoms with van der Waals surface area (Å²) in [6.07, 6.45) is 4.16. The minimum atomic E-state index is -0.141. The highest BCUT2D eigenvalue weighted by molar-refractivity contribution is 5.92. The number of nitrogen functional groups attached to an aromatic ring is 1. The fourth-order valence-corrected chi connectivity index (χ4v) is 3.86. The van der Waals surface area contributed by atoms with Crippen LogP contribution in [-0.4, -0.2) is 46.0 Å². The van der Waals surface area contributed by atoms with Gasteiger partial charge >= 0.3 is 0 Å². The number of amides is 1. The van der Waals surface area contributed by atoms with Crippen molar-refractivity contribution in [1.82, 2.24) is 19.9 Å². The molecule has 8 nitrogen and oxygen atoms in total. The number of oxazole rings is 1. The van der Waals surface area contributed by atoms with E-state index in [2.05, 4.69) is 15.0 Å². The molecule has 1 amide bonds. The molecule has 0 spiro atoms. The first-order valence-corrected chi connectivity index (χ1v) is 10.0. The van der Waals surface area contributed by atoms with Crippen LogP contribution in [0.5, 0.6) is 5.75 Å². The van der Waals surface area contributed by atoms with Gasteiger partial charge in [-0.05, 0) is 31.9 Å². The number of likely N-dealkylation sites (tertiary alicyclic amines) is 1. The summed E-state index contributed by atoms with van der Waals surface area (Å²) >= 11 is 0. The van der Waals surface area contributed by atoms with Crippen LogP contribution >= 0.6 is 0 Å². The maximum atomic E-state index is 12.9. The molecule has 1 aromatic carbocycles. The number of para-hydroxylation sites is 1. The minimum Gasteiger partial charge on any atom is -0.496 e. The van der Waals surface area contributed by atoms with Gasteiger partial charge in [0.25, 0.3) is 5.91 Å². The van der Waals surface area contributed by atoms with E-state index in [0.717, 1.165) is 29.9 Å². The van der Waals surface area contributed by atoms with E-state index in [1.807, 2.05) is 24.3 Å². The highest BCUT2D eigenvalue weighted by atomic mass is 16.5. The maximum Gasteiger partial charge on any atom is 0.272 e. The molecule has 3 heterocycles. The molecule has 0 radical (unpaired) electrons. The number of rotatable bonds is 5. The van der Waals surface area contributed by atoms with Gasteiger partial charge in [-0.3, -0.25) is 4.79 Å². The highest BCUT2D eigenvalue weighted by Crippen LogP contribution is 2.29. The van der Waals surface area contributed by atoms with Crippen LogP contribution in [0.3, 0.4) is 0 Å². The smallest absolute Gasteiger partial charge is 0.272 e. The SMILES string of the molecule is COc1ccccc1Cc1cnc([C@H]2CCCN(C(=O)c3cc(C)nc(N)n3)C2)o1. The lowest BCUT2D eigenvalue weighted by Gasteiger charge is -2.31. The zero-order valence-electron chi connectivity index (χ0n) is 17.2. The standard InChI is InChI=1S/C22H25N5O3/c1-14-10-18(26-22(23)25-14)21(28)27-9-5-7-16(13-27)20-24-12-17(30-20)11-15-6-3-4-8-19(15)29-2/h3-4,6,8,10,12,16H,5,7,9,11,13H2,1-2H3,(H2,23,25,26)/t16-/m0/s1. The zero-order chi connectivity index (χ0) is 21.1. The Kier molecular flexibility index (Phi) is 5.65. The number of aromatic nitrogens is 3. The lowest BCUT2D eigenvalue weighted by molar-refractivity contribution is 0.0691. The summed E-state index contributed by atoms with van der Waals surface area (Å²) < 4.78 is 11.5.